The van der Waals surface area contributed by atoms with Gasteiger partial charge in [0.2, 0.25) is 0 Å². The number of aromatic nitrogens is 1. The molecule has 3 nitrogen and oxygen atoms in total. The van der Waals surface area contributed by atoms with Crippen molar-refractivity contribution in [1.29, 1.82) is 0 Å². The Morgan fingerprint density at radius 1 is 1.33 bits per heavy atom. The Morgan fingerprint density at radius 2 is 2.11 bits per heavy atom. The number of carbonyl (C=O) groups excluding carboxylic acids is 1. The molecule has 0 N–H and O–H groups in total. The molecule has 94 valence electrons. The highest BCUT2D eigenvalue weighted by molar-refractivity contribution is 7.13. The minimum Gasteiger partial charge on any atom is -0.461 e. The van der Waals surface area contributed by atoms with Gasteiger partial charge >= 0.3 is 5.97 Å². The average molecular weight is 261 g/mol. The molecular formula is C14H15NO2S. The smallest absolute Gasteiger partial charge is 0.357 e. The van der Waals surface area contributed by atoms with Crippen LogP contribution in [0.3, 0.4) is 0 Å². The van der Waals surface area contributed by atoms with E-state index in [4.69, 9.17) is 4.74 Å². The van der Waals surface area contributed by atoms with Gasteiger partial charge in [-0.25, -0.2) is 9.78 Å². The van der Waals surface area contributed by atoms with Crippen molar-refractivity contribution in [2.24, 2.45) is 0 Å². The van der Waals surface area contributed by atoms with Crippen LogP contribution in [0.5, 0.6) is 0 Å². The zero-order valence-electron chi connectivity index (χ0n) is 10.7. The molecule has 0 aliphatic carbocycles. The molecule has 0 saturated carbocycles. The summed E-state index contributed by atoms with van der Waals surface area (Å²) in [6.07, 6.45) is 0. The summed E-state index contributed by atoms with van der Waals surface area (Å²) < 4.78 is 4.93. The first kappa shape index (κ1) is 12.8. The lowest BCUT2D eigenvalue weighted by atomic mass is 10.1. The van der Waals surface area contributed by atoms with Gasteiger partial charge < -0.3 is 4.74 Å². The van der Waals surface area contributed by atoms with E-state index in [2.05, 4.69) is 31.0 Å². The van der Waals surface area contributed by atoms with E-state index >= 15 is 0 Å². The Bertz CT molecular complexity index is 575. The van der Waals surface area contributed by atoms with Crippen molar-refractivity contribution in [2.45, 2.75) is 20.8 Å². The van der Waals surface area contributed by atoms with Crippen LogP contribution >= 0.6 is 11.3 Å². The van der Waals surface area contributed by atoms with Crippen molar-refractivity contribution in [2.75, 3.05) is 6.61 Å². The van der Waals surface area contributed by atoms with Gasteiger partial charge in [-0.2, -0.15) is 0 Å². The van der Waals surface area contributed by atoms with E-state index in [-0.39, 0.29) is 5.97 Å². The third-order valence-electron chi connectivity index (χ3n) is 2.74. The molecule has 0 amide bonds. The van der Waals surface area contributed by atoms with Crippen LogP contribution in [0.25, 0.3) is 10.6 Å². The predicted molar refractivity (Wildman–Crippen MR) is 73.0 cm³/mol. The number of ether oxygens (including phenoxy) is 1. The molecule has 1 aromatic carbocycles. The number of hydrogen-bond donors (Lipinski definition) is 0. The van der Waals surface area contributed by atoms with Crippen LogP contribution in [0.15, 0.2) is 23.6 Å². The number of hydrogen-bond acceptors (Lipinski definition) is 4. The van der Waals surface area contributed by atoms with Crippen molar-refractivity contribution in [3.05, 3.63) is 40.4 Å². The Labute approximate surface area is 110 Å². The minimum atomic E-state index is -0.358. The van der Waals surface area contributed by atoms with Crippen LogP contribution in [0, 0.1) is 13.8 Å². The van der Waals surface area contributed by atoms with Gasteiger partial charge in [-0.05, 0) is 38.0 Å². The van der Waals surface area contributed by atoms with Gasteiger partial charge in [-0.15, -0.1) is 11.3 Å². The quantitative estimate of drug-likeness (QED) is 0.792. The molecule has 2 rings (SSSR count). The van der Waals surface area contributed by atoms with Gasteiger partial charge in [0.25, 0.3) is 0 Å². The Kier molecular flexibility index (Phi) is 3.77. The van der Waals surface area contributed by atoms with Gasteiger partial charge in [0.15, 0.2) is 5.69 Å². The zero-order chi connectivity index (χ0) is 13.1. The minimum absolute atomic E-state index is 0.358. The number of nitrogens with zero attached hydrogens (tertiary/aromatic N) is 1. The second-order valence-corrected chi connectivity index (χ2v) is 4.92. The summed E-state index contributed by atoms with van der Waals surface area (Å²) in [6, 6.07) is 6.18. The summed E-state index contributed by atoms with van der Waals surface area (Å²) in [6.45, 7) is 6.30. The number of benzene rings is 1. The summed E-state index contributed by atoms with van der Waals surface area (Å²) in [5.41, 5.74) is 3.90. The van der Waals surface area contributed by atoms with E-state index in [1.165, 1.54) is 22.5 Å². The van der Waals surface area contributed by atoms with Crippen molar-refractivity contribution in [3.8, 4) is 10.6 Å². The topological polar surface area (TPSA) is 39.2 Å². The third kappa shape index (κ3) is 2.59. The van der Waals surface area contributed by atoms with Crippen LogP contribution in [0.2, 0.25) is 0 Å². The molecule has 4 heteroatoms. The molecule has 0 radical (unpaired) electrons. The molecule has 0 atom stereocenters. The van der Waals surface area contributed by atoms with Gasteiger partial charge in [-0.1, -0.05) is 12.1 Å². The van der Waals surface area contributed by atoms with Crippen LogP contribution < -0.4 is 0 Å². The lowest BCUT2D eigenvalue weighted by molar-refractivity contribution is 0.0520. The van der Waals surface area contributed by atoms with Crippen molar-refractivity contribution in [1.82, 2.24) is 4.98 Å². The molecule has 0 aliphatic heterocycles. The molecule has 1 aromatic heterocycles. The van der Waals surface area contributed by atoms with Gasteiger partial charge in [-0.3, -0.25) is 0 Å². The fourth-order valence-electron chi connectivity index (χ4n) is 1.58. The second-order valence-electron chi connectivity index (χ2n) is 4.06. The summed E-state index contributed by atoms with van der Waals surface area (Å²) in [7, 11) is 0. The van der Waals surface area contributed by atoms with Crippen molar-refractivity contribution >= 4 is 17.3 Å². The molecule has 18 heavy (non-hydrogen) atoms. The molecule has 1 heterocycles. The number of thiazole rings is 1. The first-order chi connectivity index (χ1) is 8.61. The van der Waals surface area contributed by atoms with E-state index in [0.717, 1.165) is 10.6 Å². The molecule has 0 spiro atoms. The molecule has 0 fully saturated rings. The Balaban J connectivity index is 2.29. The molecular weight excluding hydrogens is 246 g/mol. The van der Waals surface area contributed by atoms with Gasteiger partial charge in [0, 0.05) is 10.9 Å². The number of esters is 1. The standard InChI is InChI=1S/C14H15NO2S/c1-4-17-14(16)12-8-18-13(15-12)11-6-5-9(2)10(3)7-11/h5-8H,4H2,1-3H3. The highest BCUT2D eigenvalue weighted by atomic mass is 32.1. The van der Waals surface area contributed by atoms with E-state index in [0.29, 0.717) is 12.3 Å². The first-order valence-electron chi connectivity index (χ1n) is 5.82. The predicted octanol–water partition coefficient (Wildman–Crippen LogP) is 3.60. The lowest BCUT2D eigenvalue weighted by Crippen LogP contribution is -2.04. The summed E-state index contributed by atoms with van der Waals surface area (Å²) >= 11 is 1.46. The van der Waals surface area contributed by atoms with E-state index in [1.807, 2.05) is 6.07 Å². The van der Waals surface area contributed by atoms with Crippen molar-refractivity contribution in [3.63, 3.8) is 0 Å². The van der Waals surface area contributed by atoms with Crippen LogP contribution in [0.1, 0.15) is 28.5 Å². The van der Waals surface area contributed by atoms with E-state index < -0.39 is 0 Å². The number of rotatable bonds is 3. The first-order valence-corrected chi connectivity index (χ1v) is 6.70. The normalized spacial score (nSPS) is 10.4. The maximum atomic E-state index is 11.5. The van der Waals surface area contributed by atoms with Crippen LogP contribution in [-0.4, -0.2) is 17.6 Å². The maximum absolute atomic E-state index is 11.5. The lowest BCUT2D eigenvalue weighted by Gasteiger charge is -2.02. The number of aryl methyl sites for hydroxylation is 2. The second kappa shape index (κ2) is 5.31. The number of carbonyl (C=O) groups is 1. The summed E-state index contributed by atoms with van der Waals surface area (Å²) in [4.78, 5) is 15.8. The van der Waals surface area contributed by atoms with Gasteiger partial charge in [0.1, 0.15) is 5.01 Å². The molecule has 0 aliphatic rings. The van der Waals surface area contributed by atoms with Crippen molar-refractivity contribution < 1.29 is 9.53 Å². The van der Waals surface area contributed by atoms with Gasteiger partial charge in [0.05, 0.1) is 6.61 Å². The average Bonchev–Trinajstić information content (AvgIpc) is 2.82. The Morgan fingerprint density at radius 3 is 2.78 bits per heavy atom. The SMILES string of the molecule is CCOC(=O)c1csc(-c2ccc(C)c(C)c2)n1. The van der Waals surface area contributed by atoms with Crippen LogP contribution in [0.4, 0.5) is 0 Å². The highest BCUT2D eigenvalue weighted by Crippen LogP contribution is 2.25. The monoisotopic (exact) mass is 261 g/mol. The molecule has 0 bridgehead atoms. The summed E-state index contributed by atoms with van der Waals surface area (Å²) in [5.74, 6) is -0.358. The molecule has 0 saturated heterocycles. The fourth-order valence-corrected chi connectivity index (χ4v) is 2.37. The van der Waals surface area contributed by atoms with E-state index in [1.54, 1.807) is 12.3 Å². The maximum Gasteiger partial charge on any atom is 0.357 e. The van der Waals surface area contributed by atoms with Crippen LogP contribution in [-0.2, 0) is 4.74 Å². The third-order valence-corrected chi connectivity index (χ3v) is 3.63. The molecule has 0 unspecified atom stereocenters. The van der Waals surface area contributed by atoms with E-state index in [9.17, 15) is 4.79 Å². The Hall–Kier alpha value is -1.68. The molecule has 2 aromatic rings. The summed E-state index contributed by atoms with van der Waals surface area (Å²) in [5, 5.41) is 2.59. The zero-order valence-corrected chi connectivity index (χ0v) is 11.5. The highest BCUT2D eigenvalue weighted by Gasteiger charge is 2.12. The largest absolute Gasteiger partial charge is 0.461 e. The fraction of sp³-hybridized carbons (Fsp3) is 0.286.